The fraction of sp³-hybridized carbons (Fsp3) is 1.00. The van der Waals surface area contributed by atoms with E-state index in [1.807, 2.05) is 0 Å². The molecule has 200 valence electrons. The van der Waals surface area contributed by atoms with Gasteiger partial charge >= 0.3 is 0 Å². The molecule has 16 nitrogen and oxygen atoms in total. The Morgan fingerprint density at radius 1 is 0.588 bits per heavy atom. The Hall–Kier alpha value is -0.640. The van der Waals surface area contributed by atoms with Crippen LogP contribution in [0.2, 0.25) is 0 Å². The van der Waals surface area contributed by atoms with E-state index in [-0.39, 0.29) is 0 Å². The predicted molar refractivity (Wildman–Crippen MR) is 103 cm³/mol. The Kier molecular flexibility index (Phi) is 9.54. The molecule has 0 saturated carbocycles. The largest absolute Gasteiger partial charge is 0.394 e. The molecule has 3 aliphatic heterocycles. The fourth-order valence-electron chi connectivity index (χ4n) is 4.00. The minimum atomic E-state index is -1.79. The molecule has 0 aromatic heterocycles. The van der Waals surface area contributed by atoms with Crippen LogP contribution in [0, 0.1) is 0 Å². The van der Waals surface area contributed by atoms with Gasteiger partial charge in [0.05, 0.1) is 25.9 Å². The van der Waals surface area contributed by atoms with Crippen LogP contribution in [0.25, 0.3) is 0 Å². The summed E-state index contributed by atoms with van der Waals surface area (Å²) in [5.74, 6) is 0. The lowest BCUT2D eigenvalue weighted by atomic mass is 9.96. The molecule has 3 rings (SSSR count). The second-order valence-electron chi connectivity index (χ2n) is 8.46. The topological polar surface area (TPSA) is 274 Å². The van der Waals surface area contributed by atoms with E-state index in [1.54, 1.807) is 0 Å². The maximum absolute atomic E-state index is 10.7. The van der Waals surface area contributed by atoms with Gasteiger partial charge in [0.1, 0.15) is 67.1 Å². The van der Waals surface area contributed by atoms with E-state index in [0.717, 1.165) is 0 Å². The Labute approximate surface area is 193 Å². The molecule has 3 saturated heterocycles. The summed E-state index contributed by atoms with van der Waals surface area (Å²) in [5, 5.41) is 98.5. The smallest absolute Gasteiger partial charge is 0.187 e. The van der Waals surface area contributed by atoms with Crippen LogP contribution in [0.4, 0.5) is 0 Å². The maximum atomic E-state index is 10.7. The van der Waals surface area contributed by atoms with Gasteiger partial charge in [0, 0.05) is 0 Å². The molecule has 16 heteroatoms. The molecule has 0 amide bonds. The lowest BCUT2D eigenvalue weighted by Gasteiger charge is -2.46. The molecule has 12 N–H and O–H groups in total. The van der Waals surface area contributed by atoms with Crippen LogP contribution in [-0.2, 0) is 23.7 Å². The summed E-state index contributed by atoms with van der Waals surface area (Å²) in [6, 6.07) is -1.32. The third kappa shape index (κ3) is 5.52. The van der Waals surface area contributed by atoms with E-state index in [0.29, 0.717) is 0 Å². The second-order valence-corrected chi connectivity index (χ2v) is 8.46. The lowest BCUT2D eigenvalue weighted by Crippen LogP contribution is -2.66. The van der Waals surface area contributed by atoms with Crippen molar-refractivity contribution in [3.05, 3.63) is 0 Å². The van der Waals surface area contributed by atoms with Gasteiger partial charge in [-0.3, -0.25) is 0 Å². The Morgan fingerprint density at radius 2 is 1.15 bits per heavy atom. The minimum absolute atomic E-state index is 0.497. The number of aliphatic hydroxyl groups excluding tert-OH is 10. The molecule has 3 heterocycles. The van der Waals surface area contributed by atoms with Gasteiger partial charge < -0.3 is 80.5 Å². The molecular formula is C18H33NO15. The zero-order valence-electron chi connectivity index (χ0n) is 17.9. The van der Waals surface area contributed by atoms with E-state index in [4.69, 9.17) is 29.4 Å². The maximum Gasteiger partial charge on any atom is 0.187 e. The lowest BCUT2D eigenvalue weighted by molar-refractivity contribution is -0.351. The number of hydrogen-bond acceptors (Lipinski definition) is 16. The van der Waals surface area contributed by atoms with Gasteiger partial charge in [0.2, 0.25) is 0 Å². The van der Waals surface area contributed by atoms with Crippen molar-refractivity contribution in [2.75, 3.05) is 19.8 Å². The summed E-state index contributed by atoms with van der Waals surface area (Å²) in [4.78, 5) is 0. The average Bonchev–Trinajstić information content (AvgIpc) is 2.83. The van der Waals surface area contributed by atoms with Crippen LogP contribution in [0.1, 0.15) is 0 Å². The third-order valence-electron chi connectivity index (χ3n) is 6.15. The first-order chi connectivity index (χ1) is 16.0. The van der Waals surface area contributed by atoms with Crippen LogP contribution in [0.3, 0.4) is 0 Å². The standard InChI is InChI=1S/C18H33NO15/c19-7-10(24)15(34-18-14(28)12(26)8(22)4(1-20)32-18)5(2-21)33-17(7)30-3-6-9(23)11(25)13(27)16(29)31-6/h4-18,20-29H,1-3,19H2. The highest BCUT2D eigenvalue weighted by Crippen LogP contribution is 2.29. The van der Waals surface area contributed by atoms with Gasteiger partial charge in [-0.25, -0.2) is 0 Å². The molecule has 0 radical (unpaired) electrons. The van der Waals surface area contributed by atoms with Crippen molar-refractivity contribution >= 4 is 0 Å². The van der Waals surface area contributed by atoms with Crippen LogP contribution in [0.5, 0.6) is 0 Å². The number of ether oxygens (including phenoxy) is 5. The SMILES string of the molecule is NC1C(OCC2OC(O)C(O)C(O)C2O)OC(CO)C(OC2OC(CO)C(O)C(O)C2O)C1O. The summed E-state index contributed by atoms with van der Waals surface area (Å²) in [7, 11) is 0. The molecular weight excluding hydrogens is 470 g/mol. The molecule has 0 aromatic carbocycles. The summed E-state index contributed by atoms with van der Waals surface area (Å²) in [5.41, 5.74) is 5.96. The number of rotatable bonds is 7. The normalized spacial score (nSPS) is 52.5. The van der Waals surface area contributed by atoms with E-state index < -0.39 is 112 Å². The Balaban J connectivity index is 1.63. The predicted octanol–water partition coefficient (Wildman–Crippen LogP) is -7.61. The Morgan fingerprint density at radius 3 is 1.76 bits per heavy atom. The molecule has 0 aromatic rings. The van der Waals surface area contributed by atoms with E-state index >= 15 is 0 Å². The second kappa shape index (κ2) is 11.6. The van der Waals surface area contributed by atoms with Crippen molar-refractivity contribution in [2.45, 2.75) is 92.1 Å². The highest BCUT2D eigenvalue weighted by Gasteiger charge is 2.51. The molecule has 15 unspecified atom stereocenters. The van der Waals surface area contributed by atoms with Gasteiger partial charge in [-0.15, -0.1) is 0 Å². The first-order valence-electron chi connectivity index (χ1n) is 10.7. The highest BCUT2D eigenvalue weighted by atomic mass is 16.7. The number of aliphatic hydroxyl groups is 10. The number of hydrogen-bond donors (Lipinski definition) is 11. The van der Waals surface area contributed by atoms with Gasteiger partial charge in [0.25, 0.3) is 0 Å². The van der Waals surface area contributed by atoms with Crippen LogP contribution in [0.15, 0.2) is 0 Å². The van der Waals surface area contributed by atoms with E-state index in [1.165, 1.54) is 0 Å². The average molecular weight is 503 g/mol. The van der Waals surface area contributed by atoms with Gasteiger partial charge in [0.15, 0.2) is 18.9 Å². The molecule has 0 spiro atoms. The molecule has 3 aliphatic rings. The monoisotopic (exact) mass is 503 g/mol. The zero-order chi connectivity index (χ0) is 25.3. The number of nitrogens with two attached hydrogens (primary N) is 1. The van der Waals surface area contributed by atoms with Crippen molar-refractivity contribution < 1.29 is 74.7 Å². The highest BCUT2D eigenvalue weighted by molar-refractivity contribution is 4.96. The van der Waals surface area contributed by atoms with Gasteiger partial charge in [-0.05, 0) is 0 Å². The fourth-order valence-corrected chi connectivity index (χ4v) is 4.00. The molecule has 15 atom stereocenters. The van der Waals surface area contributed by atoms with Crippen molar-refractivity contribution in [1.82, 2.24) is 0 Å². The summed E-state index contributed by atoms with van der Waals surface area (Å²) >= 11 is 0. The van der Waals surface area contributed by atoms with Crippen LogP contribution < -0.4 is 5.73 Å². The van der Waals surface area contributed by atoms with Gasteiger partial charge in [-0.1, -0.05) is 0 Å². The third-order valence-corrected chi connectivity index (χ3v) is 6.15. The first-order valence-corrected chi connectivity index (χ1v) is 10.7. The van der Waals surface area contributed by atoms with Crippen molar-refractivity contribution in [3.8, 4) is 0 Å². The quantitative estimate of drug-likeness (QED) is 0.154. The van der Waals surface area contributed by atoms with Crippen molar-refractivity contribution in [3.63, 3.8) is 0 Å². The Bertz CT molecular complexity index is 642. The van der Waals surface area contributed by atoms with Gasteiger partial charge in [-0.2, -0.15) is 0 Å². The summed E-state index contributed by atoms with van der Waals surface area (Å²) < 4.78 is 26.7. The van der Waals surface area contributed by atoms with Crippen molar-refractivity contribution in [2.24, 2.45) is 5.73 Å². The molecule has 0 bridgehead atoms. The molecule has 34 heavy (non-hydrogen) atoms. The first kappa shape index (κ1) is 27.9. The van der Waals surface area contributed by atoms with Crippen LogP contribution in [-0.4, -0.2) is 163 Å². The van der Waals surface area contributed by atoms with E-state index in [2.05, 4.69) is 0 Å². The zero-order valence-corrected chi connectivity index (χ0v) is 17.9. The minimum Gasteiger partial charge on any atom is -0.394 e. The molecule has 3 fully saturated rings. The summed E-state index contributed by atoms with van der Waals surface area (Å²) in [6.07, 6.45) is -21.9. The van der Waals surface area contributed by atoms with Crippen molar-refractivity contribution in [1.29, 1.82) is 0 Å². The van der Waals surface area contributed by atoms with E-state index in [9.17, 15) is 51.1 Å². The molecule has 0 aliphatic carbocycles. The summed E-state index contributed by atoms with van der Waals surface area (Å²) in [6.45, 7) is -1.93. The van der Waals surface area contributed by atoms with Crippen LogP contribution >= 0.6 is 0 Å².